The van der Waals surface area contributed by atoms with Crippen LogP contribution in [0.5, 0.6) is 11.5 Å². The van der Waals surface area contributed by atoms with Crippen molar-refractivity contribution in [1.82, 2.24) is 9.97 Å². The van der Waals surface area contributed by atoms with E-state index in [-0.39, 0.29) is 5.91 Å². The lowest BCUT2D eigenvalue weighted by Gasteiger charge is -2.11. The summed E-state index contributed by atoms with van der Waals surface area (Å²) in [7, 11) is 0. The number of amides is 1. The smallest absolute Gasteiger partial charge is 0.228 e. The van der Waals surface area contributed by atoms with Crippen LogP contribution in [0.2, 0.25) is 0 Å². The van der Waals surface area contributed by atoms with E-state index in [1.54, 1.807) is 36.9 Å². The normalized spacial score (nSPS) is 10.2. The monoisotopic (exact) mass is 319 g/mol. The number of nitrogens with one attached hydrogen (secondary N) is 1. The zero-order valence-electron chi connectivity index (χ0n) is 13.3. The summed E-state index contributed by atoms with van der Waals surface area (Å²) >= 11 is 0. The van der Waals surface area contributed by atoms with Gasteiger partial charge >= 0.3 is 0 Å². The minimum absolute atomic E-state index is 0.0663. The average molecular weight is 319 g/mol. The molecule has 3 aromatic rings. The van der Waals surface area contributed by atoms with Gasteiger partial charge in [-0.3, -0.25) is 14.8 Å². The first kappa shape index (κ1) is 15.7. The van der Waals surface area contributed by atoms with Gasteiger partial charge in [-0.25, -0.2) is 0 Å². The Hall–Kier alpha value is -3.21. The second kappa shape index (κ2) is 7.37. The van der Waals surface area contributed by atoms with Gasteiger partial charge in [-0.1, -0.05) is 0 Å². The van der Waals surface area contributed by atoms with Crippen LogP contribution in [0.4, 0.5) is 5.69 Å². The summed E-state index contributed by atoms with van der Waals surface area (Å²) in [5, 5.41) is 2.90. The highest BCUT2D eigenvalue weighted by atomic mass is 16.5. The Morgan fingerprint density at radius 2 is 1.67 bits per heavy atom. The Balaban J connectivity index is 1.65. The molecule has 2 heterocycles. The Labute approximate surface area is 140 Å². The Kier molecular flexibility index (Phi) is 4.81. The van der Waals surface area contributed by atoms with Gasteiger partial charge in [0.1, 0.15) is 11.5 Å². The highest BCUT2D eigenvalue weighted by Crippen LogP contribution is 2.26. The lowest BCUT2D eigenvalue weighted by molar-refractivity contribution is -0.115. The molecular formula is C19H17N3O2. The number of hydrogen-bond donors (Lipinski definition) is 1. The van der Waals surface area contributed by atoms with Crippen LogP contribution in [0.3, 0.4) is 0 Å². The third kappa shape index (κ3) is 4.16. The zero-order chi connectivity index (χ0) is 16.8. The standard InChI is InChI=1S/C19H17N3O2/c1-14-12-16(22-19(23)13-15-4-8-20-9-5-15)2-3-18(14)24-17-6-10-21-11-7-17/h2-12H,13H2,1H3,(H,22,23). The first-order valence-corrected chi connectivity index (χ1v) is 7.58. The molecule has 5 heteroatoms. The molecule has 3 rings (SSSR count). The molecule has 0 saturated heterocycles. The third-order valence-electron chi connectivity index (χ3n) is 3.45. The molecule has 0 aliphatic heterocycles. The number of aromatic nitrogens is 2. The molecule has 24 heavy (non-hydrogen) atoms. The van der Waals surface area contributed by atoms with Gasteiger partial charge in [0.05, 0.1) is 6.42 Å². The highest BCUT2D eigenvalue weighted by molar-refractivity contribution is 5.92. The quantitative estimate of drug-likeness (QED) is 0.778. The fraction of sp³-hybridized carbons (Fsp3) is 0.105. The molecule has 0 saturated carbocycles. The van der Waals surface area contributed by atoms with Crippen LogP contribution in [0, 0.1) is 6.92 Å². The number of pyridine rings is 2. The maximum Gasteiger partial charge on any atom is 0.228 e. The van der Waals surface area contributed by atoms with E-state index in [1.807, 2.05) is 37.3 Å². The van der Waals surface area contributed by atoms with E-state index >= 15 is 0 Å². The molecule has 0 fully saturated rings. The number of anilines is 1. The topological polar surface area (TPSA) is 64.1 Å². The highest BCUT2D eigenvalue weighted by Gasteiger charge is 2.07. The molecule has 5 nitrogen and oxygen atoms in total. The largest absolute Gasteiger partial charge is 0.457 e. The summed E-state index contributed by atoms with van der Waals surface area (Å²) in [5.74, 6) is 1.40. The summed E-state index contributed by atoms with van der Waals surface area (Å²) in [6, 6.07) is 12.8. The lowest BCUT2D eigenvalue weighted by atomic mass is 10.1. The van der Waals surface area contributed by atoms with E-state index in [9.17, 15) is 4.79 Å². The van der Waals surface area contributed by atoms with Gasteiger partial charge in [-0.2, -0.15) is 0 Å². The summed E-state index contributed by atoms with van der Waals surface area (Å²) < 4.78 is 5.81. The molecule has 1 amide bonds. The number of rotatable bonds is 5. The van der Waals surface area contributed by atoms with Crippen molar-refractivity contribution in [3.8, 4) is 11.5 Å². The summed E-state index contributed by atoms with van der Waals surface area (Å²) in [5.41, 5.74) is 2.61. The van der Waals surface area contributed by atoms with Crippen LogP contribution < -0.4 is 10.1 Å². The number of benzene rings is 1. The molecule has 2 aromatic heterocycles. The van der Waals surface area contributed by atoms with Crippen molar-refractivity contribution in [3.05, 3.63) is 78.4 Å². The van der Waals surface area contributed by atoms with E-state index in [2.05, 4.69) is 15.3 Å². The molecule has 0 spiro atoms. The second-order valence-corrected chi connectivity index (χ2v) is 5.35. The summed E-state index contributed by atoms with van der Waals surface area (Å²) in [6.45, 7) is 1.94. The van der Waals surface area contributed by atoms with Gasteiger partial charge in [0.25, 0.3) is 0 Å². The van der Waals surface area contributed by atoms with Crippen molar-refractivity contribution in [2.24, 2.45) is 0 Å². The number of carbonyl (C=O) groups is 1. The number of carbonyl (C=O) groups excluding carboxylic acids is 1. The van der Waals surface area contributed by atoms with Gasteiger partial charge in [0, 0.05) is 30.5 Å². The summed E-state index contributed by atoms with van der Waals surface area (Å²) in [6.07, 6.45) is 7.03. The van der Waals surface area contributed by atoms with E-state index in [0.717, 1.165) is 28.3 Å². The minimum Gasteiger partial charge on any atom is -0.457 e. The van der Waals surface area contributed by atoms with E-state index < -0.39 is 0 Å². The predicted octanol–water partition coefficient (Wildman–Crippen LogP) is 3.76. The minimum atomic E-state index is -0.0663. The molecule has 0 bridgehead atoms. The molecule has 0 radical (unpaired) electrons. The van der Waals surface area contributed by atoms with E-state index in [0.29, 0.717) is 6.42 Å². The van der Waals surface area contributed by atoms with Gasteiger partial charge in [0.15, 0.2) is 0 Å². The van der Waals surface area contributed by atoms with Crippen LogP contribution >= 0.6 is 0 Å². The third-order valence-corrected chi connectivity index (χ3v) is 3.45. The van der Waals surface area contributed by atoms with Crippen molar-refractivity contribution < 1.29 is 9.53 Å². The SMILES string of the molecule is Cc1cc(NC(=O)Cc2ccncc2)ccc1Oc1ccncc1. The van der Waals surface area contributed by atoms with Crippen molar-refractivity contribution in [2.45, 2.75) is 13.3 Å². The fourth-order valence-electron chi connectivity index (χ4n) is 2.27. The molecule has 1 aromatic carbocycles. The van der Waals surface area contributed by atoms with Gasteiger partial charge in [-0.15, -0.1) is 0 Å². The fourth-order valence-corrected chi connectivity index (χ4v) is 2.27. The Morgan fingerprint density at radius 3 is 2.33 bits per heavy atom. The number of nitrogens with zero attached hydrogens (tertiary/aromatic N) is 2. The lowest BCUT2D eigenvalue weighted by Crippen LogP contribution is -2.14. The van der Waals surface area contributed by atoms with Gasteiger partial charge < -0.3 is 10.1 Å². The van der Waals surface area contributed by atoms with Crippen LogP contribution in [0.15, 0.2) is 67.3 Å². The molecule has 0 atom stereocenters. The molecule has 0 aliphatic rings. The first-order valence-electron chi connectivity index (χ1n) is 7.58. The van der Waals surface area contributed by atoms with Crippen molar-refractivity contribution >= 4 is 11.6 Å². The molecule has 120 valence electrons. The van der Waals surface area contributed by atoms with E-state index in [4.69, 9.17) is 4.74 Å². The number of aryl methyl sites for hydroxylation is 1. The van der Waals surface area contributed by atoms with Gasteiger partial charge in [0.2, 0.25) is 5.91 Å². The zero-order valence-corrected chi connectivity index (χ0v) is 13.3. The number of hydrogen-bond acceptors (Lipinski definition) is 4. The molecule has 0 aliphatic carbocycles. The maximum absolute atomic E-state index is 12.1. The summed E-state index contributed by atoms with van der Waals surface area (Å²) in [4.78, 5) is 20.0. The van der Waals surface area contributed by atoms with Gasteiger partial charge in [-0.05, 0) is 60.5 Å². The Morgan fingerprint density at radius 1 is 1.00 bits per heavy atom. The van der Waals surface area contributed by atoms with Crippen LogP contribution in [-0.4, -0.2) is 15.9 Å². The van der Waals surface area contributed by atoms with Crippen LogP contribution in [0.1, 0.15) is 11.1 Å². The maximum atomic E-state index is 12.1. The van der Waals surface area contributed by atoms with E-state index in [1.165, 1.54) is 0 Å². The van der Waals surface area contributed by atoms with Crippen molar-refractivity contribution in [3.63, 3.8) is 0 Å². The molecule has 0 unspecified atom stereocenters. The molecule has 1 N–H and O–H groups in total. The molecular weight excluding hydrogens is 302 g/mol. The predicted molar refractivity (Wildman–Crippen MR) is 92.1 cm³/mol. The van der Waals surface area contributed by atoms with Crippen LogP contribution in [0.25, 0.3) is 0 Å². The van der Waals surface area contributed by atoms with Crippen LogP contribution in [-0.2, 0) is 11.2 Å². The second-order valence-electron chi connectivity index (χ2n) is 5.35. The van der Waals surface area contributed by atoms with Crippen molar-refractivity contribution in [1.29, 1.82) is 0 Å². The van der Waals surface area contributed by atoms with Crippen molar-refractivity contribution in [2.75, 3.05) is 5.32 Å². The first-order chi connectivity index (χ1) is 11.7. The average Bonchev–Trinajstić information content (AvgIpc) is 2.59. The Bertz CT molecular complexity index is 821. The number of ether oxygens (including phenoxy) is 1.